The van der Waals surface area contributed by atoms with Gasteiger partial charge >= 0.3 is 0 Å². The number of phenolic OH excluding ortho intramolecular Hbond substituents is 1. The van der Waals surface area contributed by atoms with E-state index in [9.17, 15) is 5.11 Å². The van der Waals surface area contributed by atoms with Gasteiger partial charge in [0, 0.05) is 0 Å². The third kappa shape index (κ3) is 3.68. The van der Waals surface area contributed by atoms with Crippen LogP contribution in [0.15, 0.2) is 16.6 Å². The summed E-state index contributed by atoms with van der Waals surface area (Å²) >= 11 is 3.32. The fourth-order valence-electron chi connectivity index (χ4n) is 1.53. The SMILES string of the molecule is COc1cc(CCCN(C)C)cc(Br)c1O. The number of halogens is 1. The van der Waals surface area contributed by atoms with Crippen LogP contribution < -0.4 is 4.74 Å². The molecule has 0 aromatic heterocycles. The van der Waals surface area contributed by atoms with Crippen LogP contribution in [0, 0.1) is 0 Å². The number of aromatic hydroxyl groups is 1. The molecule has 0 fully saturated rings. The minimum Gasteiger partial charge on any atom is -0.503 e. The maximum Gasteiger partial charge on any atom is 0.172 e. The van der Waals surface area contributed by atoms with E-state index in [-0.39, 0.29) is 5.75 Å². The molecule has 0 bridgehead atoms. The minimum absolute atomic E-state index is 0.166. The second-order valence-corrected chi connectivity index (χ2v) is 4.89. The smallest absolute Gasteiger partial charge is 0.172 e. The molecule has 4 heteroatoms. The Morgan fingerprint density at radius 1 is 1.38 bits per heavy atom. The lowest BCUT2D eigenvalue weighted by atomic mass is 10.1. The molecule has 1 rings (SSSR count). The van der Waals surface area contributed by atoms with Gasteiger partial charge in [-0.25, -0.2) is 0 Å². The van der Waals surface area contributed by atoms with Gasteiger partial charge in [-0.3, -0.25) is 0 Å². The fourth-order valence-corrected chi connectivity index (χ4v) is 2.02. The Bertz CT molecular complexity index is 353. The number of rotatable bonds is 5. The zero-order valence-electron chi connectivity index (χ0n) is 9.96. The summed E-state index contributed by atoms with van der Waals surface area (Å²) in [5.41, 5.74) is 1.17. The number of aryl methyl sites for hydroxylation is 1. The van der Waals surface area contributed by atoms with Crippen molar-refractivity contribution in [2.45, 2.75) is 12.8 Å². The van der Waals surface area contributed by atoms with E-state index >= 15 is 0 Å². The summed E-state index contributed by atoms with van der Waals surface area (Å²) in [5, 5.41) is 9.66. The summed E-state index contributed by atoms with van der Waals surface area (Å²) in [6, 6.07) is 3.82. The van der Waals surface area contributed by atoms with Crippen LogP contribution in [0.1, 0.15) is 12.0 Å². The Morgan fingerprint density at radius 2 is 2.06 bits per heavy atom. The van der Waals surface area contributed by atoms with Gasteiger partial charge in [-0.1, -0.05) is 0 Å². The Labute approximate surface area is 105 Å². The van der Waals surface area contributed by atoms with Gasteiger partial charge in [0.15, 0.2) is 11.5 Å². The van der Waals surface area contributed by atoms with Gasteiger partial charge in [0.2, 0.25) is 0 Å². The molecule has 0 amide bonds. The number of nitrogens with zero attached hydrogens (tertiary/aromatic N) is 1. The quantitative estimate of drug-likeness (QED) is 0.904. The molecule has 0 radical (unpaired) electrons. The first-order chi connectivity index (χ1) is 7.54. The van der Waals surface area contributed by atoms with E-state index in [1.807, 2.05) is 12.1 Å². The first-order valence-electron chi connectivity index (χ1n) is 5.24. The zero-order valence-corrected chi connectivity index (χ0v) is 11.5. The molecule has 1 aromatic carbocycles. The Kier molecular flexibility index (Phi) is 5.09. The van der Waals surface area contributed by atoms with E-state index in [2.05, 4.69) is 34.9 Å². The third-order valence-corrected chi connectivity index (χ3v) is 2.98. The van der Waals surface area contributed by atoms with Crippen LogP contribution in [-0.4, -0.2) is 37.8 Å². The van der Waals surface area contributed by atoms with Crippen LogP contribution in [-0.2, 0) is 6.42 Å². The standard InChI is InChI=1S/C12H18BrNO2/c1-14(2)6-4-5-9-7-10(13)12(15)11(8-9)16-3/h7-8,15H,4-6H2,1-3H3. The normalized spacial score (nSPS) is 10.8. The molecule has 0 heterocycles. The molecule has 0 saturated carbocycles. The van der Waals surface area contributed by atoms with Crippen molar-refractivity contribution in [3.63, 3.8) is 0 Å². The molecule has 0 atom stereocenters. The van der Waals surface area contributed by atoms with Crippen molar-refractivity contribution in [1.29, 1.82) is 0 Å². The number of methoxy groups -OCH3 is 1. The second-order valence-electron chi connectivity index (χ2n) is 4.04. The summed E-state index contributed by atoms with van der Waals surface area (Å²) in [4.78, 5) is 2.16. The van der Waals surface area contributed by atoms with Crippen molar-refractivity contribution >= 4 is 15.9 Å². The number of hydrogen-bond acceptors (Lipinski definition) is 3. The Balaban J connectivity index is 2.70. The maximum atomic E-state index is 9.66. The van der Waals surface area contributed by atoms with Gasteiger partial charge in [0.05, 0.1) is 11.6 Å². The van der Waals surface area contributed by atoms with Gasteiger partial charge in [-0.15, -0.1) is 0 Å². The van der Waals surface area contributed by atoms with Gasteiger partial charge < -0.3 is 14.7 Å². The van der Waals surface area contributed by atoms with Crippen molar-refractivity contribution in [3.8, 4) is 11.5 Å². The molecule has 1 N–H and O–H groups in total. The summed E-state index contributed by atoms with van der Waals surface area (Å²) in [6.45, 7) is 1.06. The first kappa shape index (κ1) is 13.3. The molecular formula is C12H18BrNO2. The van der Waals surface area contributed by atoms with Crippen LogP contribution in [0.3, 0.4) is 0 Å². The highest BCUT2D eigenvalue weighted by molar-refractivity contribution is 9.10. The van der Waals surface area contributed by atoms with Crippen molar-refractivity contribution in [2.75, 3.05) is 27.7 Å². The van der Waals surface area contributed by atoms with Crippen LogP contribution in [0.25, 0.3) is 0 Å². The minimum atomic E-state index is 0.166. The summed E-state index contributed by atoms with van der Waals surface area (Å²) in [5.74, 6) is 0.688. The van der Waals surface area contributed by atoms with E-state index < -0.39 is 0 Å². The van der Waals surface area contributed by atoms with Crippen molar-refractivity contribution in [1.82, 2.24) is 4.90 Å². The summed E-state index contributed by atoms with van der Waals surface area (Å²) in [7, 11) is 5.69. The van der Waals surface area contributed by atoms with Crippen molar-refractivity contribution in [2.24, 2.45) is 0 Å². The van der Waals surface area contributed by atoms with E-state index in [1.54, 1.807) is 7.11 Å². The van der Waals surface area contributed by atoms with Gasteiger partial charge in [0.1, 0.15) is 0 Å². The first-order valence-corrected chi connectivity index (χ1v) is 6.04. The predicted octanol–water partition coefficient (Wildman–Crippen LogP) is 2.66. The highest BCUT2D eigenvalue weighted by atomic mass is 79.9. The predicted molar refractivity (Wildman–Crippen MR) is 69.2 cm³/mol. The lowest BCUT2D eigenvalue weighted by molar-refractivity contribution is 0.370. The molecule has 0 aliphatic carbocycles. The lowest BCUT2D eigenvalue weighted by Gasteiger charge is -2.11. The highest BCUT2D eigenvalue weighted by Crippen LogP contribution is 2.35. The number of hydrogen-bond donors (Lipinski definition) is 1. The summed E-state index contributed by atoms with van der Waals surface area (Å²) in [6.07, 6.45) is 2.07. The third-order valence-electron chi connectivity index (χ3n) is 2.38. The molecule has 16 heavy (non-hydrogen) atoms. The van der Waals surface area contributed by atoms with Gasteiger partial charge in [-0.05, 0) is 67.1 Å². The topological polar surface area (TPSA) is 32.7 Å². The zero-order chi connectivity index (χ0) is 12.1. The molecule has 3 nitrogen and oxygen atoms in total. The lowest BCUT2D eigenvalue weighted by Crippen LogP contribution is -2.13. The molecule has 1 aromatic rings. The second kappa shape index (κ2) is 6.11. The van der Waals surface area contributed by atoms with Crippen LogP contribution in [0.2, 0.25) is 0 Å². The van der Waals surface area contributed by atoms with E-state index in [0.717, 1.165) is 19.4 Å². The van der Waals surface area contributed by atoms with E-state index in [4.69, 9.17) is 4.74 Å². The van der Waals surface area contributed by atoms with Crippen LogP contribution in [0.5, 0.6) is 11.5 Å². The van der Waals surface area contributed by atoms with Crippen molar-refractivity contribution < 1.29 is 9.84 Å². The summed E-state index contributed by atoms with van der Waals surface area (Å²) < 4.78 is 5.79. The molecule has 0 aliphatic heterocycles. The molecule has 0 aliphatic rings. The average Bonchev–Trinajstić information content (AvgIpc) is 2.22. The highest BCUT2D eigenvalue weighted by Gasteiger charge is 2.08. The van der Waals surface area contributed by atoms with Gasteiger partial charge in [0.25, 0.3) is 0 Å². The number of ether oxygens (including phenoxy) is 1. The maximum absolute atomic E-state index is 9.66. The van der Waals surface area contributed by atoms with Gasteiger partial charge in [-0.2, -0.15) is 0 Å². The molecule has 90 valence electrons. The monoisotopic (exact) mass is 287 g/mol. The van der Waals surface area contributed by atoms with Crippen LogP contribution in [0.4, 0.5) is 0 Å². The molecule has 0 unspecified atom stereocenters. The largest absolute Gasteiger partial charge is 0.503 e. The average molecular weight is 288 g/mol. The Hall–Kier alpha value is -0.740. The number of phenols is 1. The van der Waals surface area contributed by atoms with Crippen molar-refractivity contribution in [3.05, 3.63) is 22.2 Å². The molecular weight excluding hydrogens is 270 g/mol. The van der Waals surface area contributed by atoms with Crippen LogP contribution >= 0.6 is 15.9 Å². The fraction of sp³-hybridized carbons (Fsp3) is 0.500. The number of benzene rings is 1. The Morgan fingerprint density at radius 3 is 2.62 bits per heavy atom. The van der Waals surface area contributed by atoms with E-state index in [0.29, 0.717) is 10.2 Å². The molecule has 0 saturated heterocycles. The molecule has 0 spiro atoms. The van der Waals surface area contributed by atoms with E-state index in [1.165, 1.54) is 5.56 Å².